The summed E-state index contributed by atoms with van der Waals surface area (Å²) in [6.07, 6.45) is 6.97. The Hall–Kier alpha value is -2.56. The van der Waals surface area contributed by atoms with Crippen molar-refractivity contribution in [2.24, 2.45) is 0 Å². The first-order valence-electron chi connectivity index (χ1n) is 9.07. The van der Waals surface area contributed by atoms with Crippen LogP contribution in [0.1, 0.15) is 49.7 Å². The van der Waals surface area contributed by atoms with Crippen molar-refractivity contribution >= 4 is 16.9 Å². The van der Waals surface area contributed by atoms with Gasteiger partial charge in [-0.3, -0.25) is 0 Å². The van der Waals surface area contributed by atoms with Crippen LogP contribution in [0.2, 0.25) is 0 Å². The van der Waals surface area contributed by atoms with Crippen LogP contribution in [0, 0.1) is 13.8 Å². The van der Waals surface area contributed by atoms with Crippen LogP contribution < -0.4 is 10.4 Å². The number of aryl methyl sites for hydroxylation is 1. The smallest absolute Gasteiger partial charge is 0.344 e. The molecule has 3 rings (SSSR count). The van der Waals surface area contributed by atoms with E-state index in [1.807, 2.05) is 6.92 Å². The summed E-state index contributed by atoms with van der Waals surface area (Å²) < 4.78 is 11.0. The third-order valence-electron chi connectivity index (χ3n) is 5.09. The van der Waals surface area contributed by atoms with Gasteiger partial charge in [0.25, 0.3) is 0 Å². The molecular weight excluding hydrogens is 332 g/mol. The molecular formula is C21H24O5. The van der Waals surface area contributed by atoms with Gasteiger partial charge in [-0.2, -0.15) is 0 Å². The molecule has 0 fully saturated rings. The number of carbonyl (C=O) groups is 1. The molecule has 26 heavy (non-hydrogen) atoms. The quantitative estimate of drug-likeness (QED) is 0.608. The van der Waals surface area contributed by atoms with E-state index in [-0.39, 0.29) is 5.63 Å². The molecule has 1 aromatic carbocycles. The van der Waals surface area contributed by atoms with Crippen molar-refractivity contribution in [2.75, 3.05) is 0 Å². The molecule has 0 aliphatic heterocycles. The van der Waals surface area contributed by atoms with Crippen molar-refractivity contribution in [1.82, 2.24) is 0 Å². The lowest BCUT2D eigenvalue weighted by atomic mass is 9.95. The summed E-state index contributed by atoms with van der Waals surface area (Å²) in [5.41, 5.74) is 2.79. The van der Waals surface area contributed by atoms with E-state index in [1.165, 1.54) is 18.4 Å². The minimum atomic E-state index is -0.983. The molecule has 0 saturated carbocycles. The van der Waals surface area contributed by atoms with Gasteiger partial charge in [-0.15, -0.1) is 0 Å². The average Bonchev–Trinajstić information content (AvgIpc) is 2.63. The zero-order chi connectivity index (χ0) is 18.7. The molecule has 0 saturated heterocycles. The number of fused-ring (bicyclic) bond motifs is 1. The minimum Gasteiger partial charge on any atom is -0.479 e. The lowest BCUT2D eigenvalue weighted by Crippen LogP contribution is -2.27. The summed E-state index contributed by atoms with van der Waals surface area (Å²) in [6, 6.07) is 5.13. The van der Waals surface area contributed by atoms with Crippen molar-refractivity contribution in [3.8, 4) is 5.75 Å². The number of allylic oxidation sites excluding steroid dienone is 2. The maximum atomic E-state index is 11.9. The zero-order valence-electron chi connectivity index (χ0n) is 15.2. The van der Waals surface area contributed by atoms with Crippen molar-refractivity contribution in [2.45, 2.75) is 58.5 Å². The number of rotatable bonds is 6. The van der Waals surface area contributed by atoms with E-state index >= 15 is 0 Å². The van der Waals surface area contributed by atoms with Crippen molar-refractivity contribution in [3.63, 3.8) is 0 Å². The second-order valence-electron chi connectivity index (χ2n) is 6.89. The maximum absolute atomic E-state index is 11.9. The van der Waals surface area contributed by atoms with Crippen molar-refractivity contribution < 1.29 is 19.1 Å². The second kappa shape index (κ2) is 7.77. The van der Waals surface area contributed by atoms with Crippen molar-refractivity contribution in [1.29, 1.82) is 0 Å². The Morgan fingerprint density at radius 2 is 2.08 bits per heavy atom. The number of carboxylic acids is 1. The van der Waals surface area contributed by atoms with E-state index in [0.29, 0.717) is 23.3 Å². The summed E-state index contributed by atoms with van der Waals surface area (Å²) in [7, 11) is 0. The molecule has 5 nitrogen and oxygen atoms in total. The number of aliphatic carboxylic acids is 1. The van der Waals surface area contributed by atoms with Crippen LogP contribution >= 0.6 is 0 Å². The highest BCUT2D eigenvalue weighted by Crippen LogP contribution is 2.26. The highest BCUT2D eigenvalue weighted by Gasteiger charge is 2.21. The average molecular weight is 356 g/mol. The number of hydrogen-bond acceptors (Lipinski definition) is 4. The summed E-state index contributed by atoms with van der Waals surface area (Å²) in [4.78, 5) is 23.4. The molecule has 0 bridgehead atoms. The number of hydrogen-bond donors (Lipinski definition) is 1. The van der Waals surface area contributed by atoms with Gasteiger partial charge in [0.1, 0.15) is 11.3 Å². The van der Waals surface area contributed by atoms with Gasteiger partial charge < -0.3 is 14.3 Å². The Kier molecular flexibility index (Phi) is 5.45. The van der Waals surface area contributed by atoms with E-state index in [4.69, 9.17) is 9.15 Å². The van der Waals surface area contributed by atoms with Crippen molar-refractivity contribution in [3.05, 3.63) is 51.4 Å². The summed E-state index contributed by atoms with van der Waals surface area (Å²) >= 11 is 0. The summed E-state index contributed by atoms with van der Waals surface area (Å²) in [6.45, 7) is 3.60. The first-order valence-corrected chi connectivity index (χ1v) is 9.07. The normalized spacial score (nSPS) is 15.5. The molecule has 1 aliphatic carbocycles. The third-order valence-corrected chi connectivity index (χ3v) is 5.09. The fraction of sp³-hybridized carbons (Fsp3) is 0.429. The third kappa shape index (κ3) is 3.98. The predicted octanol–water partition coefficient (Wildman–Crippen LogP) is 4.52. The van der Waals surface area contributed by atoms with Crippen LogP contribution in [0.25, 0.3) is 11.0 Å². The van der Waals surface area contributed by atoms with Gasteiger partial charge in [0.15, 0.2) is 6.10 Å². The van der Waals surface area contributed by atoms with Crippen LogP contribution in [-0.2, 0) is 4.79 Å². The highest BCUT2D eigenvalue weighted by atomic mass is 16.5. The van der Waals surface area contributed by atoms with Crippen LogP contribution in [-0.4, -0.2) is 17.2 Å². The van der Waals surface area contributed by atoms with Gasteiger partial charge in [0.05, 0.1) is 0 Å². The molecule has 1 N–H and O–H groups in total. The molecule has 2 aromatic rings. The predicted molar refractivity (Wildman–Crippen MR) is 99.8 cm³/mol. The molecule has 0 spiro atoms. The lowest BCUT2D eigenvalue weighted by molar-refractivity contribution is -0.145. The highest BCUT2D eigenvalue weighted by molar-refractivity contribution is 5.82. The van der Waals surface area contributed by atoms with E-state index in [1.54, 1.807) is 25.1 Å². The van der Waals surface area contributed by atoms with Gasteiger partial charge >= 0.3 is 11.6 Å². The van der Waals surface area contributed by atoms with E-state index in [0.717, 1.165) is 30.2 Å². The topological polar surface area (TPSA) is 76.7 Å². The zero-order valence-corrected chi connectivity index (χ0v) is 15.2. The van der Waals surface area contributed by atoms with Crippen LogP contribution in [0.4, 0.5) is 0 Å². The van der Waals surface area contributed by atoms with Gasteiger partial charge in [-0.1, -0.05) is 11.6 Å². The Morgan fingerprint density at radius 1 is 1.27 bits per heavy atom. The molecule has 0 radical (unpaired) electrons. The molecule has 138 valence electrons. The minimum absolute atomic E-state index is 0.383. The van der Waals surface area contributed by atoms with Crippen LogP contribution in [0.5, 0.6) is 5.75 Å². The fourth-order valence-electron chi connectivity index (χ4n) is 3.35. The van der Waals surface area contributed by atoms with Crippen LogP contribution in [0.15, 0.2) is 39.1 Å². The molecule has 5 heteroatoms. The Bertz CT molecular complexity index is 906. The van der Waals surface area contributed by atoms with Gasteiger partial charge in [0.2, 0.25) is 0 Å². The second-order valence-corrected chi connectivity index (χ2v) is 6.89. The molecule has 1 atom stereocenters. The van der Waals surface area contributed by atoms with E-state index < -0.39 is 12.1 Å². The SMILES string of the molecule is Cc1c(C)c2ccc(OC(CCC3=CCCCC3)C(=O)O)cc2oc1=O. The molecule has 1 aliphatic rings. The number of benzene rings is 1. The molecule has 1 aromatic heterocycles. The Morgan fingerprint density at radius 3 is 2.77 bits per heavy atom. The molecule has 1 unspecified atom stereocenters. The van der Waals surface area contributed by atoms with Gasteiger partial charge in [-0.05, 0) is 70.1 Å². The van der Waals surface area contributed by atoms with Gasteiger partial charge in [0, 0.05) is 17.0 Å². The van der Waals surface area contributed by atoms with Gasteiger partial charge in [-0.25, -0.2) is 9.59 Å². The first kappa shape index (κ1) is 18.2. The maximum Gasteiger partial charge on any atom is 0.344 e. The Labute approximate surface area is 152 Å². The molecule has 0 amide bonds. The summed E-state index contributed by atoms with van der Waals surface area (Å²) in [5.74, 6) is -0.586. The fourth-order valence-corrected chi connectivity index (χ4v) is 3.35. The standard InChI is InChI=1S/C21H24O5/c1-13-14(2)21(24)26-19-12-16(9-10-17(13)19)25-18(20(22)23)11-8-15-6-4-3-5-7-15/h6,9-10,12,18H,3-5,7-8,11H2,1-2H3,(H,22,23). The molecule has 1 heterocycles. The Balaban J connectivity index is 1.78. The summed E-state index contributed by atoms with van der Waals surface area (Å²) in [5, 5.41) is 10.3. The van der Waals surface area contributed by atoms with E-state index in [2.05, 4.69) is 6.08 Å². The largest absolute Gasteiger partial charge is 0.479 e. The number of ether oxygens (including phenoxy) is 1. The first-order chi connectivity index (χ1) is 12.5. The monoisotopic (exact) mass is 356 g/mol. The van der Waals surface area contributed by atoms with Crippen LogP contribution in [0.3, 0.4) is 0 Å². The lowest BCUT2D eigenvalue weighted by Gasteiger charge is -2.18. The van der Waals surface area contributed by atoms with E-state index in [9.17, 15) is 14.7 Å². The number of carboxylic acid groups (broad SMARTS) is 1.